The summed E-state index contributed by atoms with van der Waals surface area (Å²) in [6.07, 6.45) is 4.55. The number of furan rings is 1. The van der Waals surface area contributed by atoms with E-state index in [1.807, 2.05) is 6.07 Å². The van der Waals surface area contributed by atoms with Crippen LogP contribution in [0.3, 0.4) is 0 Å². The molecule has 0 spiro atoms. The lowest BCUT2D eigenvalue weighted by molar-refractivity contribution is -0.136. The van der Waals surface area contributed by atoms with Gasteiger partial charge in [0.2, 0.25) is 11.7 Å². The number of nitriles is 1. The van der Waals surface area contributed by atoms with Crippen molar-refractivity contribution in [1.82, 2.24) is 4.90 Å². The van der Waals surface area contributed by atoms with E-state index in [2.05, 4.69) is 0 Å². The summed E-state index contributed by atoms with van der Waals surface area (Å²) in [6.45, 7) is 2.67. The van der Waals surface area contributed by atoms with Crippen LogP contribution in [0.5, 0.6) is 0 Å². The van der Waals surface area contributed by atoms with Gasteiger partial charge >= 0.3 is 0 Å². The van der Waals surface area contributed by atoms with Crippen molar-refractivity contribution in [3.63, 3.8) is 0 Å². The lowest BCUT2D eigenvalue weighted by Gasteiger charge is -2.32. The molecule has 1 aliphatic carbocycles. The Kier molecular flexibility index (Phi) is 4.52. The molecule has 126 valence electrons. The molecule has 2 fully saturated rings. The third kappa shape index (κ3) is 3.12. The molecule has 2 atom stereocenters. The maximum Gasteiger partial charge on any atom is 0.225 e. The van der Waals surface area contributed by atoms with Crippen LogP contribution in [-0.2, 0) is 9.59 Å². The van der Waals surface area contributed by atoms with Gasteiger partial charge in [-0.25, -0.2) is 0 Å². The summed E-state index contributed by atoms with van der Waals surface area (Å²) in [4.78, 5) is 39.1. The van der Waals surface area contributed by atoms with Crippen LogP contribution in [0.25, 0.3) is 0 Å². The minimum absolute atomic E-state index is 0.0663. The van der Waals surface area contributed by atoms with Gasteiger partial charge in [-0.05, 0) is 44.2 Å². The Hall–Kier alpha value is -2.42. The highest BCUT2D eigenvalue weighted by atomic mass is 16.3. The predicted octanol–water partition coefficient (Wildman–Crippen LogP) is 2.13. The van der Waals surface area contributed by atoms with Gasteiger partial charge in [0.1, 0.15) is 0 Å². The van der Waals surface area contributed by atoms with Gasteiger partial charge in [0.05, 0.1) is 12.3 Å². The van der Waals surface area contributed by atoms with Crippen LogP contribution >= 0.6 is 0 Å². The average Bonchev–Trinajstić information content (AvgIpc) is 3.36. The molecule has 1 aliphatic heterocycles. The fourth-order valence-electron chi connectivity index (χ4n) is 3.24. The number of carbonyl (C=O) groups is 3. The van der Waals surface area contributed by atoms with Crippen molar-refractivity contribution in [1.29, 1.82) is 5.26 Å². The molecule has 1 aromatic heterocycles. The lowest BCUT2D eigenvalue weighted by atomic mass is 9.84. The van der Waals surface area contributed by atoms with Gasteiger partial charge in [0.15, 0.2) is 17.5 Å². The van der Waals surface area contributed by atoms with Crippen LogP contribution in [0.4, 0.5) is 0 Å². The monoisotopic (exact) mass is 328 g/mol. The molecule has 24 heavy (non-hydrogen) atoms. The van der Waals surface area contributed by atoms with E-state index in [0.29, 0.717) is 25.1 Å². The van der Waals surface area contributed by atoms with Crippen molar-refractivity contribution >= 4 is 17.5 Å². The number of hydrogen-bond acceptors (Lipinski definition) is 5. The maximum absolute atomic E-state index is 12.7. The maximum atomic E-state index is 12.7. The van der Waals surface area contributed by atoms with Crippen LogP contribution in [0.1, 0.15) is 41.8 Å². The first-order valence-electron chi connectivity index (χ1n) is 8.33. The predicted molar refractivity (Wildman–Crippen MR) is 83.9 cm³/mol. The standard InChI is InChI=1S/C18H20N2O4/c1-11-6-8-24-17(11)16(22)14(9-19)15(21)13-3-2-7-20(10-13)18(23)12-4-5-12/h6,8,12-14H,2-5,7,10H2,1H3/t13-,14-/m0/s1. The molecule has 6 heteroatoms. The number of hydrogen-bond donors (Lipinski definition) is 0. The fraction of sp³-hybridized carbons (Fsp3) is 0.556. The van der Waals surface area contributed by atoms with E-state index in [0.717, 1.165) is 19.3 Å². The first-order chi connectivity index (χ1) is 11.5. The summed E-state index contributed by atoms with van der Waals surface area (Å²) in [5.74, 6) is -2.52. The van der Waals surface area contributed by atoms with Crippen LogP contribution < -0.4 is 0 Å². The molecular weight excluding hydrogens is 308 g/mol. The Morgan fingerprint density at radius 3 is 2.62 bits per heavy atom. The van der Waals surface area contributed by atoms with E-state index in [9.17, 15) is 19.6 Å². The number of amides is 1. The number of ketones is 2. The first-order valence-corrected chi connectivity index (χ1v) is 8.33. The van der Waals surface area contributed by atoms with Gasteiger partial charge in [0, 0.05) is 24.9 Å². The largest absolute Gasteiger partial charge is 0.461 e. The average molecular weight is 328 g/mol. The summed E-state index contributed by atoms with van der Waals surface area (Å²) < 4.78 is 5.13. The molecule has 2 heterocycles. The molecule has 1 saturated heterocycles. The lowest BCUT2D eigenvalue weighted by Crippen LogP contribution is -2.45. The first kappa shape index (κ1) is 16.4. The summed E-state index contributed by atoms with van der Waals surface area (Å²) >= 11 is 0. The van der Waals surface area contributed by atoms with Gasteiger partial charge in [-0.1, -0.05) is 0 Å². The number of rotatable bonds is 5. The van der Waals surface area contributed by atoms with Gasteiger partial charge in [-0.2, -0.15) is 5.26 Å². The van der Waals surface area contributed by atoms with Crippen molar-refractivity contribution in [3.8, 4) is 6.07 Å². The van der Waals surface area contributed by atoms with Crippen molar-refractivity contribution in [2.75, 3.05) is 13.1 Å². The SMILES string of the molecule is Cc1ccoc1C(=O)[C@@H](C#N)C(=O)[C@H]1CCCN(C(=O)C2CC2)C1. The summed E-state index contributed by atoms with van der Waals surface area (Å²) in [7, 11) is 0. The topological polar surface area (TPSA) is 91.4 Å². The molecule has 1 saturated carbocycles. The minimum Gasteiger partial charge on any atom is -0.461 e. The zero-order valence-electron chi connectivity index (χ0n) is 13.7. The Balaban J connectivity index is 1.71. The normalized spacial score (nSPS) is 21.8. The van der Waals surface area contributed by atoms with Crippen molar-refractivity contribution in [2.24, 2.45) is 17.8 Å². The Bertz CT molecular complexity index is 711. The van der Waals surface area contributed by atoms with Crippen LogP contribution in [0.2, 0.25) is 0 Å². The van der Waals surface area contributed by atoms with E-state index in [4.69, 9.17) is 4.42 Å². The number of carbonyl (C=O) groups excluding carboxylic acids is 3. The minimum atomic E-state index is -1.36. The Labute approximate surface area is 140 Å². The smallest absolute Gasteiger partial charge is 0.225 e. The highest BCUT2D eigenvalue weighted by Crippen LogP contribution is 2.33. The quantitative estimate of drug-likeness (QED) is 0.610. The molecule has 0 bridgehead atoms. The van der Waals surface area contributed by atoms with E-state index >= 15 is 0 Å². The molecule has 0 unspecified atom stereocenters. The summed E-state index contributed by atoms with van der Waals surface area (Å²) in [6, 6.07) is 3.46. The van der Waals surface area contributed by atoms with Crippen molar-refractivity contribution in [2.45, 2.75) is 32.6 Å². The van der Waals surface area contributed by atoms with Crippen LogP contribution in [0, 0.1) is 36.0 Å². The highest BCUT2D eigenvalue weighted by molar-refractivity contribution is 6.12. The number of aryl methyl sites for hydroxylation is 1. The van der Waals surface area contributed by atoms with E-state index in [1.54, 1.807) is 17.9 Å². The highest BCUT2D eigenvalue weighted by Gasteiger charge is 2.40. The zero-order valence-corrected chi connectivity index (χ0v) is 13.7. The molecule has 0 N–H and O–H groups in total. The summed E-state index contributed by atoms with van der Waals surface area (Å²) in [5, 5.41) is 9.35. The molecule has 0 radical (unpaired) electrons. The fourth-order valence-corrected chi connectivity index (χ4v) is 3.24. The third-order valence-electron chi connectivity index (χ3n) is 4.82. The second-order valence-electron chi connectivity index (χ2n) is 6.66. The van der Waals surface area contributed by atoms with Crippen molar-refractivity contribution in [3.05, 3.63) is 23.7 Å². The van der Waals surface area contributed by atoms with E-state index in [-0.39, 0.29) is 17.6 Å². The second kappa shape index (κ2) is 6.60. The molecule has 1 aromatic rings. The molecule has 2 aliphatic rings. The van der Waals surface area contributed by atoms with Crippen LogP contribution in [0.15, 0.2) is 16.7 Å². The number of nitrogens with zero attached hydrogens (tertiary/aromatic N) is 2. The van der Waals surface area contributed by atoms with Crippen LogP contribution in [-0.4, -0.2) is 35.5 Å². The van der Waals surface area contributed by atoms with Crippen molar-refractivity contribution < 1.29 is 18.8 Å². The van der Waals surface area contributed by atoms with Gasteiger partial charge < -0.3 is 9.32 Å². The molecule has 0 aromatic carbocycles. The molecular formula is C18H20N2O4. The van der Waals surface area contributed by atoms with E-state index in [1.165, 1.54) is 6.26 Å². The van der Waals surface area contributed by atoms with Gasteiger partial charge in [0.25, 0.3) is 0 Å². The Morgan fingerprint density at radius 1 is 1.29 bits per heavy atom. The molecule has 3 rings (SSSR count). The third-order valence-corrected chi connectivity index (χ3v) is 4.82. The molecule has 6 nitrogen and oxygen atoms in total. The van der Waals surface area contributed by atoms with E-state index < -0.39 is 23.4 Å². The number of piperidine rings is 1. The zero-order chi connectivity index (χ0) is 17.3. The second-order valence-corrected chi connectivity index (χ2v) is 6.66. The number of Topliss-reactive ketones (excluding diaryl/α,β-unsaturated/α-hetero) is 2. The summed E-state index contributed by atoms with van der Waals surface area (Å²) in [5.41, 5.74) is 0.613. The number of likely N-dealkylation sites (tertiary alicyclic amines) is 1. The van der Waals surface area contributed by atoms with Gasteiger partial charge in [-0.3, -0.25) is 14.4 Å². The van der Waals surface area contributed by atoms with Gasteiger partial charge in [-0.15, -0.1) is 0 Å². The molecule has 1 amide bonds. The Morgan fingerprint density at radius 2 is 2.04 bits per heavy atom.